The van der Waals surface area contributed by atoms with Crippen molar-refractivity contribution < 1.29 is 14.3 Å². The van der Waals surface area contributed by atoms with Gasteiger partial charge in [0.2, 0.25) is 5.91 Å². The highest BCUT2D eigenvalue weighted by molar-refractivity contribution is 5.79. The molecule has 4 heteroatoms. The van der Waals surface area contributed by atoms with Crippen LogP contribution in [-0.4, -0.2) is 23.7 Å². The summed E-state index contributed by atoms with van der Waals surface area (Å²) < 4.78 is 13.8. The molecular formula is C16H22FNO2. The first-order valence-corrected chi connectivity index (χ1v) is 7.12. The number of benzene rings is 1. The number of amides is 1. The van der Waals surface area contributed by atoms with E-state index < -0.39 is 11.5 Å². The van der Waals surface area contributed by atoms with Crippen LogP contribution in [0.1, 0.15) is 38.7 Å². The zero-order valence-corrected chi connectivity index (χ0v) is 12.0. The molecule has 0 heterocycles. The van der Waals surface area contributed by atoms with E-state index >= 15 is 0 Å². The van der Waals surface area contributed by atoms with E-state index in [2.05, 4.69) is 5.32 Å². The van der Waals surface area contributed by atoms with Crippen molar-refractivity contribution in [3.63, 3.8) is 0 Å². The fraction of sp³-hybridized carbons (Fsp3) is 0.562. The first-order valence-electron chi connectivity index (χ1n) is 7.12. The van der Waals surface area contributed by atoms with Gasteiger partial charge in [-0.2, -0.15) is 0 Å². The molecule has 0 aliphatic heterocycles. The van der Waals surface area contributed by atoms with E-state index in [4.69, 9.17) is 0 Å². The molecule has 0 radical (unpaired) electrons. The van der Waals surface area contributed by atoms with Gasteiger partial charge >= 0.3 is 0 Å². The lowest BCUT2D eigenvalue weighted by Gasteiger charge is -2.27. The number of carbonyl (C=O) groups excluding carboxylic acids is 1. The standard InChI is InChI=1S/C16H22FNO2/c1-16(2,12-7-3-4-8-13(12)17)10-18-15(20)11-6-5-9-14(11)19/h3-4,7-8,11,14,19H,5-6,9-10H2,1-2H3,(H,18,20). The summed E-state index contributed by atoms with van der Waals surface area (Å²) in [5.41, 5.74) is 0.108. The average Bonchev–Trinajstić information content (AvgIpc) is 2.83. The van der Waals surface area contributed by atoms with Crippen LogP contribution < -0.4 is 5.32 Å². The molecule has 0 saturated heterocycles. The molecule has 0 spiro atoms. The number of hydrogen-bond donors (Lipinski definition) is 2. The Balaban J connectivity index is 1.99. The second-order valence-electron chi connectivity index (χ2n) is 6.19. The third-order valence-electron chi connectivity index (χ3n) is 4.12. The quantitative estimate of drug-likeness (QED) is 0.889. The molecule has 20 heavy (non-hydrogen) atoms. The number of halogens is 1. The van der Waals surface area contributed by atoms with Crippen molar-refractivity contribution in [1.29, 1.82) is 0 Å². The number of carbonyl (C=O) groups is 1. The lowest BCUT2D eigenvalue weighted by atomic mass is 9.84. The summed E-state index contributed by atoms with van der Waals surface area (Å²) in [7, 11) is 0. The van der Waals surface area contributed by atoms with E-state index in [1.807, 2.05) is 13.8 Å². The van der Waals surface area contributed by atoms with Crippen molar-refractivity contribution in [1.82, 2.24) is 5.32 Å². The molecule has 1 aromatic carbocycles. The smallest absolute Gasteiger partial charge is 0.225 e. The van der Waals surface area contributed by atoms with Gasteiger partial charge in [-0.25, -0.2) is 4.39 Å². The van der Waals surface area contributed by atoms with Crippen LogP contribution in [0.2, 0.25) is 0 Å². The number of aliphatic hydroxyl groups is 1. The van der Waals surface area contributed by atoms with Crippen molar-refractivity contribution in [2.45, 2.75) is 44.6 Å². The maximum atomic E-state index is 13.8. The maximum absolute atomic E-state index is 13.8. The first-order chi connectivity index (χ1) is 9.42. The van der Waals surface area contributed by atoms with Gasteiger partial charge in [0, 0.05) is 12.0 Å². The van der Waals surface area contributed by atoms with Crippen LogP contribution in [0.4, 0.5) is 4.39 Å². The Kier molecular flexibility index (Phi) is 4.43. The van der Waals surface area contributed by atoms with Crippen molar-refractivity contribution in [3.05, 3.63) is 35.6 Å². The van der Waals surface area contributed by atoms with E-state index in [0.717, 1.165) is 12.8 Å². The summed E-state index contributed by atoms with van der Waals surface area (Å²) >= 11 is 0. The van der Waals surface area contributed by atoms with Crippen molar-refractivity contribution >= 4 is 5.91 Å². The van der Waals surface area contributed by atoms with Crippen LogP contribution in [0.15, 0.2) is 24.3 Å². The third-order valence-corrected chi connectivity index (χ3v) is 4.12. The van der Waals surface area contributed by atoms with Crippen LogP contribution >= 0.6 is 0 Å². The topological polar surface area (TPSA) is 49.3 Å². The lowest BCUT2D eigenvalue weighted by Crippen LogP contribution is -2.41. The van der Waals surface area contributed by atoms with Crippen molar-refractivity contribution in [3.8, 4) is 0 Å². The van der Waals surface area contributed by atoms with E-state index in [-0.39, 0.29) is 17.6 Å². The molecule has 1 aromatic rings. The Morgan fingerprint density at radius 3 is 2.70 bits per heavy atom. The molecule has 1 aliphatic carbocycles. The van der Waals surface area contributed by atoms with Crippen LogP contribution in [0.3, 0.4) is 0 Å². The van der Waals surface area contributed by atoms with E-state index in [1.54, 1.807) is 18.2 Å². The SMILES string of the molecule is CC(C)(CNC(=O)C1CCCC1O)c1ccccc1F. The lowest BCUT2D eigenvalue weighted by molar-refractivity contribution is -0.127. The number of rotatable bonds is 4. The number of aliphatic hydroxyl groups excluding tert-OH is 1. The highest BCUT2D eigenvalue weighted by atomic mass is 19.1. The highest BCUT2D eigenvalue weighted by Gasteiger charge is 2.32. The average molecular weight is 279 g/mol. The van der Waals surface area contributed by atoms with Crippen LogP contribution in [0.25, 0.3) is 0 Å². The summed E-state index contributed by atoms with van der Waals surface area (Å²) in [5.74, 6) is -0.696. The zero-order chi connectivity index (χ0) is 14.8. The van der Waals surface area contributed by atoms with Gasteiger partial charge < -0.3 is 10.4 Å². The molecule has 2 unspecified atom stereocenters. The molecular weight excluding hydrogens is 257 g/mol. The Hall–Kier alpha value is -1.42. The molecule has 3 nitrogen and oxygen atoms in total. The second kappa shape index (κ2) is 5.92. The Labute approximate surface area is 119 Å². The fourth-order valence-corrected chi connectivity index (χ4v) is 2.79. The number of hydrogen-bond acceptors (Lipinski definition) is 2. The second-order valence-corrected chi connectivity index (χ2v) is 6.19. The summed E-state index contributed by atoms with van der Waals surface area (Å²) in [4.78, 5) is 12.1. The van der Waals surface area contributed by atoms with Crippen molar-refractivity contribution in [2.75, 3.05) is 6.54 Å². The third kappa shape index (κ3) is 3.18. The van der Waals surface area contributed by atoms with Gasteiger partial charge in [0.25, 0.3) is 0 Å². The van der Waals surface area contributed by atoms with E-state index in [1.165, 1.54) is 6.07 Å². The molecule has 1 amide bonds. The van der Waals surface area contributed by atoms with Crippen LogP contribution in [0, 0.1) is 11.7 Å². The minimum absolute atomic E-state index is 0.126. The van der Waals surface area contributed by atoms with Gasteiger partial charge in [0.1, 0.15) is 5.82 Å². The monoisotopic (exact) mass is 279 g/mol. The van der Waals surface area contributed by atoms with Gasteiger partial charge in [-0.15, -0.1) is 0 Å². The highest BCUT2D eigenvalue weighted by Crippen LogP contribution is 2.27. The van der Waals surface area contributed by atoms with E-state index in [9.17, 15) is 14.3 Å². The maximum Gasteiger partial charge on any atom is 0.225 e. The van der Waals surface area contributed by atoms with Crippen LogP contribution in [0.5, 0.6) is 0 Å². The van der Waals surface area contributed by atoms with Crippen LogP contribution in [-0.2, 0) is 10.2 Å². The largest absolute Gasteiger partial charge is 0.392 e. The first kappa shape index (κ1) is 15.0. The van der Waals surface area contributed by atoms with Crippen molar-refractivity contribution in [2.24, 2.45) is 5.92 Å². The molecule has 2 atom stereocenters. The summed E-state index contributed by atoms with van der Waals surface area (Å²) in [6.07, 6.45) is 1.77. The normalized spacial score (nSPS) is 22.8. The van der Waals surface area contributed by atoms with Gasteiger partial charge in [-0.3, -0.25) is 4.79 Å². The van der Waals surface area contributed by atoms with Gasteiger partial charge in [0.05, 0.1) is 12.0 Å². The predicted octanol–water partition coefficient (Wildman–Crippen LogP) is 2.38. The number of nitrogens with one attached hydrogen (secondary N) is 1. The summed E-state index contributed by atoms with van der Waals surface area (Å²) in [6.45, 7) is 4.16. The van der Waals surface area contributed by atoms with Gasteiger partial charge in [-0.05, 0) is 30.9 Å². The fourth-order valence-electron chi connectivity index (χ4n) is 2.79. The molecule has 0 bridgehead atoms. The molecule has 1 aliphatic rings. The summed E-state index contributed by atoms with van der Waals surface area (Å²) in [5, 5.41) is 12.6. The Bertz CT molecular complexity index is 487. The Morgan fingerprint density at radius 2 is 2.10 bits per heavy atom. The minimum atomic E-state index is -0.536. The zero-order valence-electron chi connectivity index (χ0n) is 12.0. The minimum Gasteiger partial charge on any atom is -0.392 e. The van der Waals surface area contributed by atoms with Gasteiger partial charge in [-0.1, -0.05) is 32.0 Å². The predicted molar refractivity (Wildman–Crippen MR) is 75.8 cm³/mol. The Morgan fingerprint density at radius 1 is 1.40 bits per heavy atom. The molecule has 0 aromatic heterocycles. The molecule has 1 fully saturated rings. The van der Waals surface area contributed by atoms with E-state index in [0.29, 0.717) is 18.5 Å². The summed E-state index contributed by atoms with van der Waals surface area (Å²) in [6, 6.07) is 6.62. The molecule has 110 valence electrons. The molecule has 2 N–H and O–H groups in total. The molecule has 2 rings (SSSR count). The molecule has 1 saturated carbocycles. The van der Waals surface area contributed by atoms with Gasteiger partial charge in [0.15, 0.2) is 0 Å².